The number of nitrogens with one attached hydrogen (secondary N) is 1. The molecule has 2 aromatic heterocycles. The van der Waals surface area contributed by atoms with E-state index in [4.69, 9.17) is 9.15 Å². The molecule has 0 radical (unpaired) electrons. The van der Waals surface area contributed by atoms with Crippen LogP contribution < -0.4 is 5.32 Å². The molecule has 1 aliphatic heterocycles. The van der Waals surface area contributed by atoms with Crippen LogP contribution in [0, 0.1) is 17.1 Å². The molecule has 1 saturated heterocycles. The summed E-state index contributed by atoms with van der Waals surface area (Å²) in [6, 6.07) is 14.6. The number of pyridine rings is 1. The maximum Gasteiger partial charge on any atom is 0.161 e. The SMILES string of the molecule is CC(=O)c1ccc(-c2cc3ncc(C4CC4)c(-c4ccc(NC5CCOCC5)c(C#N)c4)c3o2)c(F)c1. The van der Waals surface area contributed by atoms with Crippen molar-refractivity contribution in [3.05, 3.63) is 71.2 Å². The van der Waals surface area contributed by atoms with Crippen LogP contribution in [0.1, 0.15) is 60.0 Å². The molecule has 2 fully saturated rings. The number of benzene rings is 2. The number of aromatic nitrogens is 1. The van der Waals surface area contributed by atoms with Gasteiger partial charge >= 0.3 is 0 Å². The fraction of sp³-hybridized carbons (Fsp3) is 0.300. The van der Waals surface area contributed by atoms with E-state index in [9.17, 15) is 14.4 Å². The fourth-order valence-corrected chi connectivity index (χ4v) is 5.04. The molecular weight excluding hydrogens is 469 g/mol. The Kier molecular flexibility index (Phi) is 5.97. The zero-order valence-electron chi connectivity index (χ0n) is 20.5. The Morgan fingerprint density at radius 2 is 1.92 bits per heavy atom. The van der Waals surface area contributed by atoms with Crippen molar-refractivity contribution in [1.82, 2.24) is 4.98 Å². The van der Waals surface area contributed by atoms with Gasteiger partial charge in [0.25, 0.3) is 0 Å². The highest BCUT2D eigenvalue weighted by Gasteiger charge is 2.30. The molecule has 1 N–H and O–H groups in total. The minimum Gasteiger partial charge on any atom is -0.454 e. The van der Waals surface area contributed by atoms with Gasteiger partial charge in [-0.1, -0.05) is 12.1 Å². The van der Waals surface area contributed by atoms with Crippen molar-refractivity contribution in [3.63, 3.8) is 0 Å². The summed E-state index contributed by atoms with van der Waals surface area (Å²) in [5, 5.41) is 13.5. The van der Waals surface area contributed by atoms with Crippen LogP contribution in [-0.2, 0) is 4.74 Å². The third-order valence-electron chi connectivity index (χ3n) is 7.24. The number of ketones is 1. The van der Waals surface area contributed by atoms with E-state index in [1.165, 1.54) is 13.0 Å². The van der Waals surface area contributed by atoms with Crippen LogP contribution in [0.2, 0.25) is 0 Å². The molecule has 4 aromatic rings. The van der Waals surface area contributed by atoms with Crippen molar-refractivity contribution >= 4 is 22.6 Å². The first kappa shape index (κ1) is 23.4. The number of nitrogens with zero attached hydrogens (tertiary/aromatic N) is 2. The number of carbonyl (C=O) groups excluding carboxylic acids is 1. The molecule has 2 aromatic carbocycles. The summed E-state index contributed by atoms with van der Waals surface area (Å²) in [5.41, 5.74) is 6.00. The van der Waals surface area contributed by atoms with Gasteiger partial charge in [0.1, 0.15) is 23.2 Å². The van der Waals surface area contributed by atoms with Gasteiger partial charge in [-0.25, -0.2) is 4.39 Å². The highest BCUT2D eigenvalue weighted by molar-refractivity contribution is 5.96. The predicted molar refractivity (Wildman–Crippen MR) is 139 cm³/mol. The average molecular weight is 496 g/mol. The van der Waals surface area contributed by atoms with Gasteiger partial charge in [-0.15, -0.1) is 0 Å². The number of halogens is 1. The predicted octanol–water partition coefficient (Wildman–Crippen LogP) is 6.84. The second-order valence-corrected chi connectivity index (χ2v) is 9.84. The van der Waals surface area contributed by atoms with Gasteiger partial charge in [0.05, 0.1) is 16.8 Å². The number of Topliss-reactive ketones (excluding diaryl/α,β-unsaturated/α-hetero) is 1. The zero-order chi connectivity index (χ0) is 25.5. The van der Waals surface area contributed by atoms with Gasteiger partial charge < -0.3 is 14.5 Å². The Labute approximate surface area is 214 Å². The maximum absolute atomic E-state index is 14.9. The quantitative estimate of drug-likeness (QED) is 0.295. The Hall–Kier alpha value is -4.02. The largest absolute Gasteiger partial charge is 0.454 e. The number of hydrogen-bond donors (Lipinski definition) is 1. The first-order valence-corrected chi connectivity index (χ1v) is 12.6. The lowest BCUT2D eigenvalue weighted by molar-refractivity contribution is 0.0904. The number of nitriles is 1. The van der Waals surface area contributed by atoms with Gasteiger partial charge in [0.2, 0.25) is 0 Å². The van der Waals surface area contributed by atoms with E-state index >= 15 is 0 Å². The summed E-state index contributed by atoms with van der Waals surface area (Å²) in [4.78, 5) is 16.3. The van der Waals surface area contributed by atoms with Crippen LogP contribution in [-0.4, -0.2) is 30.0 Å². The zero-order valence-corrected chi connectivity index (χ0v) is 20.5. The Morgan fingerprint density at radius 3 is 2.62 bits per heavy atom. The van der Waals surface area contributed by atoms with Crippen LogP contribution >= 0.6 is 0 Å². The first-order valence-electron chi connectivity index (χ1n) is 12.6. The Morgan fingerprint density at radius 1 is 1.11 bits per heavy atom. The topological polar surface area (TPSA) is 88.1 Å². The van der Waals surface area contributed by atoms with Crippen molar-refractivity contribution < 1.29 is 18.3 Å². The summed E-state index contributed by atoms with van der Waals surface area (Å²) in [6.07, 6.45) is 5.84. The van der Waals surface area contributed by atoms with Crippen molar-refractivity contribution in [1.29, 1.82) is 5.26 Å². The van der Waals surface area contributed by atoms with Crippen molar-refractivity contribution in [2.45, 2.75) is 44.6 Å². The van der Waals surface area contributed by atoms with Crippen LogP contribution in [0.15, 0.2) is 53.1 Å². The normalized spacial score (nSPS) is 16.0. The fourth-order valence-electron chi connectivity index (χ4n) is 5.04. The molecule has 0 amide bonds. The standard InChI is InChI=1S/C30H26FN3O3/c1-17(35)19-4-6-23(25(31)13-19)28-14-27-30(37-28)29(24(16-33-27)18-2-3-18)20-5-7-26(21(12-20)15-32)34-22-8-10-36-11-9-22/h4-7,12-14,16,18,22,34H,2-3,8-11H2,1H3. The van der Waals surface area contributed by atoms with E-state index in [0.717, 1.165) is 61.3 Å². The molecule has 7 heteroatoms. The van der Waals surface area contributed by atoms with E-state index in [0.29, 0.717) is 33.9 Å². The highest BCUT2D eigenvalue weighted by atomic mass is 19.1. The molecular formula is C30H26FN3O3. The van der Waals surface area contributed by atoms with Crippen LogP contribution in [0.25, 0.3) is 33.6 Å². The van der Waals surface area contributed by atoms with Gasteiger partial charge in [-0.2, -0.15) is 5.26 Å². The number of carbonyl (C=O) groups is 1. The Bertz CT molecular complexity index is 1560. The van der Waals surface area contributed by atoms with Crippen molar-refractivity contribution in [3.8, 4) is 28.5 Å². The summed E-state index contributed by atoms with van der Waals surface area (Å²) >= 11 is 0. The molecule has 2 aliphatic rings. The summed E-state index contributed by atoms with van der Waals surface area (Å²) < 4.78 is 26.6. The van der Waals surface area contributed by atoms with E-state index in [-0.39, 0.29) is 17.4 Å². The summed E-state index contributed by atoms with van der Waals surface area (Å²) in [5.74, 6) is 0.0161. The molecule has 0 bridgehead atoms. The number of furan rings is 1. The van der Waals surface area contributed by atoms with Crippen LogP contribution in [0.3, 0.4) is 0 Å². The molecule has 0 atom stereocenters. The Balaban J connectivity index is 1.44. The number of rotatable bonds is 6. The lowest BCUT2D eigenvalue weighted by atomic mass is 9.95. The molecule has 6 nitrogen and oxygen atoms in total. The molecule has 6 rings (SSSR count). The van der Waals surface area contributed by atoms with E-state index in [1.54, 1.807) is 18.2 Å². The third kappa shape index (κ3) is 4.49. The van der Waals surface area contributed by atoms with E-state index in [1.807, 2.05) is 24.4 Å². The summed E-state index contributed by atoms with van der Waals surface area (Å²) in [7, 11) is 0. The third-order valence-corrected chi connectivity index (χ3v) is 7.24. The smallest absolute Gasteiger partial charge is 0.161 e. The lowest BCUT2D eigenvalue weighted by Gasteiger charge is -2.24. The van der Waals surface area contributed by atoms with E-state index in [2.05, 4.69) is 16.4 Å². The van der Waals surface area contributed by atoms with Crippen LogP contribution in [0.5, 0.6) is 0 Å². The minimum absolute atomic E-state index is 0.198. The number of anilines is 1. The molecule has 0 spiro atoms. The number of ether oxygens (including phenoxy) is 1. The number of fused-ring (bicyclic) bond motifs is 1. The number of hydrogen-bond acceptors (Lipinski definition) is 6. The van der Waals surface area contributed by atoms with Crippen LogP contribution in [0.4, 0.5) is 10.1 Å². The molecule has 1 saturated carbocycles. The highest BCUT2D eigenvalue weighted by Crippen LogP contribution is 2.47. The van der Waals surface area contributed by atoms with Crippen molar-refractivity contribution in [2.75, 3.05) is 18.5 Å². The minimum atomic E-state index is -0.522. The van der Waals surface area contributed by atoms with Crippen molar-refractivity contribution in [2.24, 2.45) is 0 Å². The lowest BCUT2D eigenvalue weighted by Crippen LogP contribution is -2.28. The van der Waals surface area contributed by atoms with Gasteiger partial charge in [-0.3, -0.25) is 9.78 Å². The van der Waals surface area contributed by atoms with Gasteiger partial charge in [0, 0.05) is 42.6 Å². The molecule has 3 heterocycles. The average Bonchev–Trinajstić information content (AvgIpc) is 3.67. The van der Waals surface area contributed by atoms with Gasteiger partial charge in [0.15, 0.2) is 11.4 Å². The molecule has 186 valence electrons. The second-order valence-electron chi connectivity index (χ2n) is 9.84. The summed E-state index contributed by atoms with van der Waals surface area (Å²) in [6.45, 7) is 2.84. The van der Waals surface area contributed by atoms with E-state index < -0.39 is 5.82 Å². The second kappa shape index (κ2) is 9.45. The molecule has 0 unspecified atom stereocenters. The molecule has 1 aliphatic carbocycles. The molecule has 37 heavy (non-hydrogen) atoms. The first-order chi connectivity index (χ1) is 18.0. The monoisotopic (exact) mass is 495 g/mol. The maximum atomic E-state index is 14.9. The van der Waals surface area contributed by atoms with Gasteiger partial charge in [-0.05, 0) is 73.9 Å².